The molecule has 0 aliphatic carbocycles. The molecule has 6 nitrogen and oxygen atoms in total. The molecule has 0 saturated carbocycles. The number of likely N-dealkylation sites (tertiary alicyclic amines) is 1. The third-order valence-corrected chi connectivity index (χ3v) is 4.99. The smallest absolute Gasteiger partial charge is 0.223 e. The van der Waals surface area contributed by atoms with Gasteiger partial charge in [0.1, 0.15) is 5.76 Å². The SMILES string of the molecule is Cc1noc(C)c1CCC(=O)N1CCCC1c1cccc(CN(C)C)n1. The first-order valence-electron chi connectivity index (χ1n) is 9.27. The zero-order valence-electron chi connectivity index (χ0n) is 16.2. The van der Waals surface area contributed by atoms with Crippen LogP contribution in [0, 0.1) is 13.8 Å². The molecule has 1 atom stereocenters. The molecule has 140 valence electrons. The first-order valence-corrected chi connectivity index (χ1v) is 9.27. The molecule has 26 heavy (non-hydrogen) atoms. The number of amides is 1. The lowest BCUT2D eigenvalue weighted by molar-refractivity contribution is -0.132. The van der Waals surface area contributed by atoms with E-state index in [2.05, 4.69) is 10.1 Å². The third-order valence-electron chi connectivity index (χ3n) is 4.99. The van der Waals surface area contributed by atoms with Crippen LogP contribution < -0.4 is 0 Å². The Morgan fingerprint density at radius 1 is 1.35 bits per heavy atom. The number of rotatable bonds is 6. The number of aryl methyl sites for hydroxylation is 2. The first kappa shape index (κ1) is 18.6. The molecule has 0 radical (unpaired) electrons. The Kier molecular flexibility index (Phi) is 5.71. The second-order valence-corrected chi connectivity index (χ2v) is 7.34. The average Bonchev–Trinajstić information content (AvgIpc) is 3.20. The Labute approximate surface area is 155 Å². The van der Waals surface area contributed by atoms with Gasteiger partial charge in [-0.15, -0.1) is 0 Å². The van der Waals surface area contributed by atoms with Gasteiger partial charge in [-0.25, -0.2) is 0 Å². The molecule has 2 aromatic heterocycles. The fourth-order valence-corrected chi connectivity index (χ4v) is 3.70. The lowest BCUT2D eigenvalue weighted by Gasteiger charge is -2.25. The quantitative estimate of drug-likeness (QED) is 0.796. The number of hydrogen-bond donors (Lipinski definition) is 0. The predicted molar refractivity (Wildman–Crippen MR) is 99.6 cm³/mol. The normalized spacial score (nSPS) is 17.3. The van der Waals surface area contributed by atoms with E-state index in [0.717, 1.165) is 54.3 Å². The molecule has 1 saturated heterocycles. The maximum atomic E-state index is 12.8. The highest BCUT2D eigenvalue weighted by molar-refractivity contribution is 5.77. The number of aromatic nitrogens is 2. The minimum atomic E-state index is 0.0919. The van der Waals surface area contributed by atoms with Gasteiger partial charge in [0.2, 0.25) is 5.91 Å². The predicted octanol–water partition coefficient (Wildman–Crippen LogP) is 3.04. The van der Waals surface area contributed by atoms with Crippen molar-refractivity contribution in [1.29, 1.82) is 0 Å². The van der Waals surface area contributed by atoms with E-state index in [4.69, 9.17) is 9.51 Å². The van der Waals surface area contributed by atoms with Gasteiger partial charge in [0.15, 0.2) is 0 Å². The highest BCUT2D eigenvalue weighted by Gasteiger charge is 2.31. The van der Waals surface area contributed by atoms with Gasteiger partial charge < -0.3 is 14.3 Å². The molecule has 0 bridgehead atoms. The van der Waals surface area contributed by atoms with Gasteiger partial charge in [0.05, 0.1) is 23.1 Å². The number of carbonyl (C=O) groups excluding carboxylic acids is 1. The Balaban J connectivity index is 1.68. The zero-order valence-corrected chi connectivity index (χ0v) is 16.2. The standard InChI is InChI=1S/C20H28N4O2/c1-14-17(15(2)26-22-14)10-11-20(25)24-12-6-9-19(24)18-8-5-7-16(21-18)13-23(3)4/h5,7-8,19H,6,9-13H2,1-4H3. The van der Waals surface area contributed by atoms with Crippen molar-refractivity contribution in [3.63, 3.8) is 0 Å². The minimum Gasteiger partial charge on any atom is -0.361 e. The van der Waals surface area contributed by atoms with E-state index >= 15 is 0 Å². The maximum Gasteiger partial charge on any atom is 0.223 e. The van der Waals surface area contributed by atoms with Crippen molar-refractivity contribution in [2.45, 2.75) is 52.1 Å². The van der Waals surface area contributed by atoms with Crippen LogP contribution >= 0.6 is 0 Å². The molecule has 1 unspecified atom stereocenters. The second kappa shape index (κ2) is 7.99. The Hall–Kier alpha value is -2.21. The van der Waals surface area contributed by atoms with E-state index in [1.807, 2.05) is 51.0 Å². The van der Waals surface area contributed by atoms with Crippen LogP contribution in [0.25, 0.3) is 0 Å². The van der Waals surface area contributed by atoms with E-state index in [-0.39, 0.29) is 11.9 Å². The topological polar surface area (TPSA) is 62.5 Å². The molecule has 2 aromatic rings. The van der Waals surface area contributed by atoms with E-state index in [9.17, 15) is 4.79 Å². The largest absolute Gasteiger partial charge is 0.361 e. The van der Waals surface area contributed by atoms with Crippen LogP contribution in [-0.4, -0.2) is 46.5 Å². The van der Waals surface area contributed by atoms with E-state index in [1.165, 1.54) is 0 Å². The average molecular weight is 356 g/mol. The fourth-order valence-electron chi connectivity index (χ4n) is 3.70. The molecule has 3 rings (SSSR count). The van der Waals surface area contributed by atoms with Crippen LogP contribution in [0.3, 0.4) is 0 Å². The minimum absolute atomic E-state index is 0.0919. The van der Waals surface area contributed by atoms with Gasteiger partial charge in [0, 0.05) is 25.1 Å². The van der Waals surface area contributed by atoms with E-state index < -0.39 is 0 Å². The highest BCUT2D eigenvalue weighted by atomic mass is 16.5. The van der Waals surface area contributed by atoms with Gasteiger partial charge >= 0.3 is 0 Å². The van der Waals surface area contributed by atoms with Crippen molar-refractivity contribution in [2.75, 3.05) is 20.6 Å². The summed E-state index contributed by atoms with van der Waals surface area (Å²) in [7, 11) is 4.07. The molecule has 1 fully saturated rings. The summed E-state index contributed by atoms with van der Waals surface area (Å²) in [4.78, 5) is 21.8. The monoisotopic (exact) mass is 356 g/mol. The first-order chi connectivity index (χ1) is 12.5. The van der Waals surface area contributed by atoms with Crippen LogP contribution in [0.15, 0.2) is 22.7 Å². The second-order valence-electron chi connectivity index (χ2n) is 7.34. The van der Waals surface area contributed by atoms with E-state index in [1.54, 1.807) is 0 Å². The molecule has 0 N–H and O–H groups in total. The summed E-state index contributed by atoms with van der Waals surface area (Å²) in [6.07, 6.45) is 3.17. The Morgan fingerprint density at radius 2 is 2.15 bits per heavy atom. The zero-order chi connectivity index (χ0) is 18.7. The maximum absolute atomic E-state index is 12.8. The summed E-state index contributed by atoms with van der Waals surface area (Å²) in [6.45, 7) is 5.44. The van der Waals surface area contributed by atoms with Crippen molar-refractivity contribution in [3.8, 4) is 0 Å². The van der Waals surface area contributed by atoms with Crippen molar-refractivity contribution in [1.82, 2.24) is 19.9 Å². The van der Waals surface area contributed by atoms with Crippen molar-refractivity contribution < 1.29 is 9.32 Å². The summed E-state index contributed by atoms with van der Waals surface area (Å²) in [5, 5.41) is 3.97. The molecule has 0 spiro atoms. The van der Waals surface area contributed by atoms with Crippen LogP contribution in [-0.2, 0) is 17.8 Å². The molecular weight excluding hydrogens is 328 g/mol. The molecule has 3 heterocycles. The van der Waals surface area contributed by atoms with Crippen LogP contribution in [0.1, 0.15) is 53.7 Å². The van der Waals surface area contributed by atoms with Gasteiger partial charge in [0.25, 0.3) is 0 Å². The summed E-state index contributed by atoms with van der Waals surface area (Å²) < 4.78 is 5.20. The molecule has 6 heteroatoms. The third kappa shape index (κ3) is 4.12. The van der Waals surface area contributed by atoms with Crippen LogP contribution in [0.2, 0.25) is 0 Å². The van der Waals surface area contributed by atoms with Gasteiger partial charge in [-0.1, -0.05) is 11.2 Å². The van der Waals surface area contributed by atoms with Crippen molar-refractivity contribution in [3.05, 3.63) is 46.6 Å². The number of pyridine rings is 1. The lowest BCUT2D eigenvalue weighted by atomic mass is 10.1. The summed E-state index contributed by atoms with van der Waals surface area (Å²) in [6, 6.07) is 6.23. The van der Waals surface area contributed by atoms with E-state index in [0.29, 0.717) is 12.8 Å². The van der Waals surface area contributed by atoms with Crippen molar-refractivity contribution in [2.24, 2.45) is 0 Å². The van der Waals surface area contributed by atoms with Crippen LogP contribution in [0.4, 0.5) is 0 Å². The molecular formula is C20H28N4O2. The number of hydrogen-bond acceptors (Lipinski definition) is 5. The summed E-state index contributed by atoms with van der Waals surface area (Å²) >= 11 is 0. The van der Waals surface area contributed by atoms with Crippen molar-refractivity contribution >= 4 is 5.91 Å². The summed E-state index contributed by atoms with van der Waals surface area (Å²) in [5.41, 5.74) is 3.99. The highest BCUT2D eigenvalue weighted by Crippen LogP contribution is 2.32. The Morgan fingerprint density at radius 3 is 2.85 bits per heavy atom. The number of nitrogens with zero attached hydrogens (tertiary/aromatic N) is 4. The van der Waals surface area contributed by atoms with Gasteiger partial charge in [-0.2, -0.15) is 0 Å². The lowest BCUT2D eigenvalue weighted by Crippen LogP contribution is -2.31. The van der Waals surface area contributed by atoms with Gasteiger partial charge in [-0.05, 0) is 59.3 Å². The van der Waals surface area contributed by atoms with Gasteiger partial charge in [-0.3, -0.25) is 9.78 Å². The summed E-state index contributed by atoms with van der Waals surface area (Å²) in [5.74, 6) is 0.999. The van der Waals surface area contributed by atoms with Crippen LogP contribution in [0.5, 0.6) is 0 Å². The molecule has 1 aliphatic heterocycles. The fraction of sp³-hybridized carbons (Fsp3) is 0.550. The molecule has 1 aliphatic rings. The molecule has 0 aromatic carbocycles. The molecule has 1 amide bonds. The Bertz CT molecular complexity index is 749. The number of carbonyl (C=O) groups is 1.